The van der Waals surface area contributed by atoms with Crippen LogP contribution in [0.5, 0.6) is 0 Å². The molecule has 1 heterocycles. The summed E-state index contributed by atoms with van der Waals surface area (Å²) in [7, 11) is 0. The first-order chi connectivity index (χ1) is 8.99. The molecule has 4 nitrogen and oxygen atoms in total. The van der Waals surface area contributed by atoms with Crippen molar-refractivity contribution in [1.82, 2.24) is 9.55 Å². The molecule has 0 radical (unpaired) electrons. The highest BCUT2D eigenvalue weighted by Crippen LogP contribution is 2.11. The van der Waals surface area contributed by atoms with E-state index in [9.17, 15) is 4.79 Å². The minimum absolute atomic E-state index is 0.254. The number of benzene rings is 1. The van der Waals surface area contributed by atoms with Gasteiger partial charge in [0.1, 0.15) is 4.99 Å². The Bertz CT molecular complexity index is 691. The third-order valence-corrected chi connectivity index (χ3v) is 3.18. The second-order valence-electron chi connectivity index (χ2n) is 4.43. The van der Waals surface area contributed by atoms with E-state index < -0.39 is 0 Å². The van der Waals surface area contributed by atoms with E-state index in [0.29, 0.717) is 11.5 Å². The third kappa shape index (κ3) is 2.88. The Balaban J connectivity index is 2.48. The van der Waals surface area contributed by atoms with Crippen molar-refractivity contribution < 1.29 is 0 Å². The van der Waals surface area contributed by atoms with E-state index in [1.807, 2.05) is 44.2 Å². The van der Waals surface area contributed by atoms with Gasteiger partial charge in [0.15, 0.2) is 0 Å². The molecule has 0 unspecified atom stereocenters. The average Bonchev–Trinajstić information content (AvgIpc) is 2.34. The van der Waals surface area contributed by atoms with E-state index in [1.165, 1.54) is 0 Å². The van der Waals surface area contributed by atoms with Gasteiger partial charge in [-0.05, 0) is 25.5 Å². The lowest BCUT2D eigenvalue weighted by Crippen LogP contribution is -2.27. The van der Waals surface area contributed by atoms with Crippen LogP contribution in [0.2, 0.25) is 0 Å². The molecule has 98 valence electrons. The highest BCUT2D eigenvalue weighted by molar-refractivity contribution is 7.80. The first-order valence-corrected chi connectivity index (χ1v) is 6.32. The number of aromatic nitrogens is 2. The van der Waals surface area contributed by atoms with E-state index in [4.69, 9.17) is 18.0 Å². The van der Waals surface area contributed by atoms with E-state index in [0.717, 1.165) is 22.5 Å². The molecule has 1 aromatic carbocycles. The van der Waals surface area contributed by atoms with E-state index >= 15 is 0 Å². The maximum atomic E-state index is 11.9. The van der Waals surface area contributed by atoms with Crippen molar-refractivity contribution in [3.8, 4) is 0 Å². The number of hydrogen-bond acceptors (Lipinski definition) is 3. The SMILES string of the molecule is Cc1cc(C)n(Cc2ccccc2C(N)=S)c(=O)n1. The number of nitrogens with two attached hydrogens (primary N) is 1. The van der Waals surface area contributed by atoms with Gasteiger partial charge in [-0.25, -0.2) is 4.79 Å². The van der Waals surface area contributed by atoms with Crippen molar-refractivity contribution in [3.63, 3.8) is 0 Å². The molecule has 0 aliphatic rings. The van der Waals surface area contributed by atoms with Crippen LogP contribution in [0.4, 0.5) is 0 Å². The predicted octanol–water partition coefficient (Wildman–Crippen LogP) is 1.54. The molecule has 0 aliphatic heterocycles. The summed E-state index contributed by atoms with van der Waals surface area (Å²) in [5.41, 5.74) is 8.75. The van der Waals surface area contributed by atoms with Gasteiger partial charge < -0.3 is 5.73 Å². The van der Waals surface area contributed by atoms with Gasteiger partial charge in [0.05, 0.1) is 6.54 Å². The molecule has 19 heavy (non-hydrogen) atoms. The molecule has 2 aromatic rings. The normalized spacial score (nSPS) is 10.4. The average molecular weight is 273 g/mol. The summed E-state index contributed by atoms with van der Waals surface area (Å²) in [6, 6.07) is 9.44. The molecule has 0 saturated heterocycles. The molecule has 0 atom stereocenters. The number of hydrogen-bond donors (Lipinski definition) is 1. The monoisotopic (exact) mass is 273 g/mol. The number of rotatable bonds is 3. The minimum Gasteiger partial charge on any atom is -0.389 e. The zero-order valence-electron chi connectivity index (χ0n) is 10.9. The summed E-state index contributed by atoms with van der Waals surface area (Å²) in [5.74, 6) is 0. The van der Waals surface area contributed by atoms with Gasteiger partial charge in [-0.3, -0.25) is 4.57 Å². The Morgan fingerprint density at radius 2 is 2.05 bits per heavy atom. The number of nitrogens with zero attached hydrogens (tertiary/aromatic N) is 2. The predicted molar refractivity (Wildman–Crippen MR) is 79.4 cm³/mol. The van der Waals surface area contributed by atoms with Gasteiger partial charge in [0.2, 0.25) is 0 Å². The first kappa shape index (κ1) is 13.4. The molecule has 2 rings (SSSR count). The minimum atomic E-state index is -0.254. The molecule has 1 aromatic heterocycles. The van der Waals surface area contributed by atoms with Crippen molar-refractivity contribution in [1.29, 1.82) is 0 Å². The van der Waals surface area contributed by atoms with Gasteiger partial charge >= 0.3 is 5.69 Å². The van der Waals surface area contributed by atoms with Crippen molar-refractivity contribution in [2.24, 2.45) is 5.73 Å². The summed E-state index contributed by atoms with van der Waals surface area (Å²) < 4.78 is 1.62. The van der Waals surface area contributed by atoms with Crippen molar-refractivity contribution in [3.05, 3.63) is 63.3 Å². The molecular weight excluding hydrogens is 258 g/mol. The summed E-state index contributed by atoms with van der Waals surface area (Å²) in [5, 5.41) is 0. The van der Waals surface area contributed by atoms with Gasteiger partial charge in [0, 0.05) is 17.0 Å². The van der Waals surface area contributed by atoms with Crippen LogP contribution < -0.4 is 11.4 Å². The lowest BCUT2D eigenvalue weighted by Gasteiger charge is -2.12. The number of aryl methyl sites for hydroxylation is 2. The third-order valence-electron chi connectivity index (χ3n) is 2.96. The molecule has 0 spiro atoms. The summed E-state index contributed by atoms with van der Waals surface area (Å²) >= 11 is 5.03. The fourth-order valence-corrected chi connectivity index (χ4v) is 2.23. The van der Waals surface area contributed by atoms with E-state index in [1.54, 1.807) is 4.57 Å². The Labute approximate surface area is 116 Å². The van der Waals surface area contributed by atoms with Crippen LogP contribution in [-0.2, 0) is 6.54 Å². The Morgan fingerprint density at radius 1 is 1.37 bits per heavy atom. The molecular formula is C14H15N3OS. The maximum absolute atomic E-state index is 11.9. The quantitative estimate of drug-likeness (QED) is 0.862. The summed E-state index contributed by atoms with van der Waals surface area (Å²) in [6.07, 6.45) is 0. The van der Waals surface area contributed by atoms with Gasteiger partial charge in [-0.1, -0.05) is 36.5 Å². The molecule has 0 fully saturated rings. The fraction of sp³-hybridized carbons (Fsp3) is 0.214. The van der Waals surface area contributed by atoms with Crippen LogP contribution in [0.15, 0.2) is 35.1 Å². The van der Waals surface area contributed by atoms with Crippen LogP contribution in [0.3, 0.4) is 0 Å². The van der Waals surface area contributed by atoms with Crippen molar-refractivity contribution in [2.75, 3.05) is 0 Å². The zero-order chi connectivity index (χ0) is 14.0. The van der Waals surface area contributed by atoms with Gasteiger partial charge in [-0.2, -0.15) is 4.98 Å². The van der Waals surface area contributed by atoms with Gasteiger partial charge in [0.25, 0.3) is 0 Å². The maximum Gasteiger partial charge on any atom is 0.348 e. The molecule has 5 heteroatoms. The van der Waals surface area contributed by atoms with Gasteiger partial charge in [-0.15, -0.1) is 0 Å². The Hall–Kier alpha value is -2.01. The second kappa shape index (κ2) is 5.32. The molecule has 0 aliphatic carbocycles. The standard InChI is InChI=1S/C14H15N3OS/c1-9-7-10(2)17(14(18)16-9)8-11-5-3-4-6-12(11)13(15)19/h3-7H,8H2,1-2H3,(H2,15,19). The van der Waals surface area contributed by atoms with Crippen LogP contribution in [-0.4, -0.2) is 14.5 Å². The summed E-state index contributed by atoms with van der Waals surface area (Å²) in [4.78, 5) is 16.2. The second-order valence-corrected chi connectivity index (χ2v) is 4.87. The van der Waals surface area contributed by atoms with Crippen molar-refractivity contribution in [2.45, 2.75) is 20.4 Å². The highest BCUT2D eigenvalue weighted by Gasteiger charge is 2.08. The number of thiocarbonyl (C=S) groups is 1. The summed E-state index contributed by atoms with van der Waals surface area (Å²) in [6.45, 7) is 4.12. The van der Waals surface area contributed by atoms with Crippen LogP contribution >= 0.6 is 12.2 Å². The zero-order valence-corrected chi connectivity index (χ0v) is 11.7. The largest absolute Gasteiger partial charge is 0.389 e. The van der Waals surface area contributed by atoms with Crippen LogP contribution in [0.1, 0.15) is 22.5 Å². The topological polar surface area (TPSA) is 60.9 Å². The Morgan fingerprint density at radius 3 is 2.68 bits per heavy atom. The molecule has 0 amide bonds. The van der Waals surface area contributed by atoms with E-state index in [2.05, 4.69) is 4.98 Å². The van der Waals surface area contributed by atoms with Crippen molar-refractivity contribution >= 4 is 17.2 Å². The molecule has 2 N–H and O–H groups in total. The smallest absolute Gasteiger partial charge is 0.348 e. The fourth-order valence-electron chi connectivity index (χ4n) is 2.04. The van der Waals surface area contributed by atoms with E-state index in [-0.39, 0.29) is 5.69 Å². The highest BCUT2D eigenvalue weighted by atomic mass is 32.1. The lowest BCUT2D eigenvalue weighted by molar-refractivity contribution is 0.693. The molecule has 0 bridgehead atoms. The first-order valence-electron chi connectivity index (χ1n) is 5.92. The van der Waals surface area contributed by atoms with Crippen LogP contribution in [0, 0.1) is 13.8 Å². The van der Waals surface area contributed by atoms with Crippen LogP contribution in [0.25, 0.3) is 0 Å². The molecule has 0 saturated carbocycles. The Kier molecular flexibility index (Phi) is 3.76. The lowest BCUT2D eigenvalue weighted by atomic mass is 10.1.